The van der Waals surface area contributed by atoms with Crippen LogP contribution in [0.3, 0.4) is 0 Å². The number of anilines is 2. The second-order valence-corrected chi connectivity index (χ2v) is 10.5. The van der Waals surface area contributed by atoms with Crippen molar-refractivity contribution in [2.24, 2.45) is 5.92 Å². The van der Waals surface area contributed by atoms with E-state index in [1.165, 1.54) is 10.4 Å². The molecule has 2 amide bonds. The van der Waals surface area contributed by atoms with Gasteiger partial charge in [-0.25, -0.2) is 9.97 Å². The molecule has 36 heavy (non-hydrogen) atoms. The highest BCUT2D eigenvalue weighted by Crippen LogP contribution is 2.41. The minimum absolute atomic E-state index is 0.0103. The predicted octanol–water partition coefficient (Wildman–Crippen LogP) is 2.31. The smallest absolute Gasteiger partial charge is 0.233 e. The molecule has 0 spiro atoms. The maximum Gasteiger partial charge on any atom is 0.233 e. The van der Waals surface area contributed by atoms with Crippen LogP contribution in [-0.2, 0) is 22.4 Å². The fourth-order valence-electron chi connectivity index (χ4n) is 5.24. The molecule has 1 aliphatic carbocycles. The summed E-state index contributed by atoms with van der Waals surface area (Å²) >= 11 is 1.68. The fraction of sp³-hybridized carbons (Fsp3) is 0.400. The van der Waals surface area contributed by atoms with Crippen molar-refractivity contribution < 1.29 is 9.59 Å². The van der Waals surface area contributed by atoms with Crippen LogP contribution in [0.5, 0.6) is 0 Å². The van der Waals surface area contributed by atoms with Gasteiger partial charge in [0.2, 0.25) is 11.8 Å². The summed E-state index contributed by atoms with van der Waals surface area (Å²) in [5.41, 5.74) is 3.20. The van der Waals surface area contributed by atoms with Gasteiger partial charge in [0.25, 0.3) is 0 Å². The van der Waals surface area contributed by atoms with Crippen LogP contribution in [0, 0.1) is 5.92 Å². The van der Waals surface area contributed by atoms with E-state index in [0.717, 1.165) is 65.0 Å². The molecule has 186 valence electrons. The SMILES string of the molecule is CNC(=O)CN1CCN(C(=O)C2CCc3c(sc4ncnc(Nc5ccc6[nH]ncc6c5)c34)C2)CC1. The van der Waals surface area contributed by atoms with Crippen LogP contribution in [0.1, 0.15) is 16.9 Å². The zero-order valence-electron chi connectivity index (χ0n) is 20.1. The van der Waals surface area contributed by atoms with Crippen molar-refractivity contribution >= 4 is 55.8 Å². The maximum atomic E-state index is 13.3. The second-order valence-electron chi connectivity index (χ2n) is 9.42. The number of aromatic nitrogens is 4. The topological polar surface area (TPSA) is 119 Å². The van der Waals surface area contributed by atoms with Crippen LogP contribution in [0.2, 0.25) is 0 Å². The Morgan fingerprint density at radius 3 is 2.89 bits per heavy atom. The fourth-order valence-corrected chi connectivity index (χ4v) is 6.51. The van der Waals surface area contributed by atoms with Crippen molar-refractivity contribution in [2.75, 3.05) is 45.1 Å². The first-order valence-electron chi connectivity index (χ1n) is 12.3. The van der Waals surface area contributed by atoms with Gasteiger partial charge in [0, 0.05) is 55.1 Å². The molecule has 1 aliphatic heterocycles. The van der Waals surface area contributed by atoms with Crippen LogP contribution < -0.4 is 10.6 Å². The van der Waals surface area contributed by atoms with E-state index in [0.29, 0.717) is 19.6 Å². The number of piperazine rings is 1. The molecule has 3 N–H and O–H groups in total. The number of hydrogen-bond donors (Lipinski definition) is 3. The van der Waals surface area contributed by atoms with Gasteiger partial charge in [0.15, 0.2) is 0 Å². The van der Waals surface area contributed by atoms with E-state index in [9.17, 15) is 9.59 Å². The van der Waals surface area contributed by atoms with E-state index in [1.54, 1.807) is 24.7 Å². The van der Waals surface area contributed by atoms with Crippen LogP contribution in [0.15, 0.2) is 30.7 Å². The van der Waals surface area contributed by atoms with Crippen molar-refractivity contribution in [1.82, 2.24) is 35.3 Å². The predicted molar refractivity (Wildman–Crippen MR) is 139 cm³/mol. The summed E-state index contributed by atoms with van der Waals surface area (Å²) in [6, 6.07) is 6.06. The van der Waals surface area contributed by atoms with E-state index >= 15 is 0 Å². The Labute approximate surface area is 212 Å². The molecule has 1 fully saturated rings. The third-order valence-corrected chi connectivity index (χ3v) is 8.39. The van der Waals surface area contributed by atoms with E-state index in [-0.39, 0.29) is 17.7 Å². The summed E-state index contributed by atoms with van der Waals surface area (Å²) in [7, 11) is 1.65. The third-order valence-electron chi connectivity index (χ3n) is 7.23. The Morgan fingerprint density at radius 1 is 1.19 bits per heavy atom. The molecule has 4 heterocycles. The average Bonchev–Trinajstić information content (AvgIpc) is 3.52. The Kier molecular flexibility index (Phi) is 6.02. The first-order chi connectivity index (χ1) is 17.6. The number of fused-ring (bicyclic) bond motifs is 4. The quantitative estimate of drug-likeness (QED) is 0.382. The zero-order valence-corrected chi connectivity index (χ0v) is 20.9. The number of aryl methyl sites for hydroxylation is 1. The molecule has 1 unspecified atom stereocenters. The van der Waals surface area contributed by atoms with Gasteiger partial charge in [-0.15, -0.1) is 11.3 Å². The summed E-state index contributed by atoms with van der Waals surface area (Å²) in [6.07, 6.45) is 5.82. The third kappa shape index (κ3) is 4.28. The summed E-state index contributed by atoms with van der Waals surface area (Å²) in [5, 5.41) is 15.3. The van der Waals surface area contributed by atoms with Gasteiger partial charge in [0.1, 0.15) is 17.0 Å². The Balaban J connectivity index is 1.17. The number of benzene rings is 1. The molecule has 1 aromatic carbocycles. The van der Waals surface area contributed by atoms with Gasteiger partial charge >= 0.3 is 0 Å². The number of likely N-dealkylation sites (N-methyl/N-ethyl adjacent to an activating group) is 1. The van der Waals surface area contributed by atoms with Crippen LogP contribution in [0.4, 0.5) is 11.5 Å². The number of H-pyrrole nitrogens is 1. The first kappa shape index (κ1) is 22.9. The Morgan fingerprint density at radius 2 is 2.06 bits per heavy atom. The number of nitrogens with one attached hydrogen (secondary N) is 3. The molecule has 1 saturated heterocycles. The normalized spacial score (nSPS) is 18.4. The standard InChI is InChI=1S/C25H28N8O2S/c1-26-21(34)13-32-6-8-33(9-7-32)25(35)15-2-4-18-20(11-15)36-24-22(18)23(27-14-28-24)30-17-3-5-19-16(10-17)12-29-31-19/h3,5,10,12,14-15H,2,4,6-9,11,13H2,1H3,(H,26,34)(H,29,31)(H,27,28,30). The number of carbonyl (C=O) groups is 2. The summed E-state index contributed by atoms with van der Waals surface area (Å²) in [4.78, 5) is 40.4. The molecule has 0 bridgehead atoms. The lowest BCUT2D eigenvalue weighted by molar-refractivity contribution is -0.137. The monoisotopic (exact) mass is 504 g/mol. The Bertz CT molecular complexity index is 1440. The number of nitrogens with zero attached hydrogens (tertiary/aromatic N) is 5. The van der Waals surface area contributed by atoms with Gasteiger partial charge < -0.3 is 15.5 Å². The molecule has 0 radical (unpaired) electrons. The van der Waals surface area contributed by atoms with E-state index in [2.05, 4.69) is 41.8 Å². The van der Waals surface area contributed by atoms with Crippen molar-refractivity contribution in [2.45, 2.75) is 19.3 Å². The van der Waals surface area contributed by atoms with Gasteiger partial charge in [-0.2, -0.15) is 5.10 Å². The summed E-state index contributed by atoms with van der Waals surface area (Å²) < 4.78 is 0. The highest BCUT2D eigenvalue weighted by atomic mass is 32.1. The van der Waals surface area contributed by atoms with E-state index in [4.69, 9.17) is 0 Å². The summed E-state index contributed by atoms with van der Waals surface area (Å²) in [6.45, 7) is 3.20. The van der Waals surface area contributed by atoms with Crippen molar-refractivity contribution in [1.29, 1.82) is 0 Å². The van der Waals surface area contributed by atoms with Gasteiger partial charge in [-0.1, -0.05) is 0 Å². The highest BCUT2D eigenvalue weighted by molar-refractivity contribution is 7.19. The molecule has 11 heteroatoms. The van der Waals surface area contributed by atoms with Crippen LogP contribution in [0.25, 0.3) is 21.1 Å². The highest BCUT2D eigenvalue weighted by Gasteiger charge is 2.33. The lowest BCUT2D eigenvalue weighted by Crippen LogP contribution is -2.52. The lowest BCUT2D eigenvalue weighted by Gasteiger charge is -2.36. The molecular weight excluding hydrogens is 476 g/mol. The zero-order chi connectivity index (χ0) is 24.6. The second kappa shape index (κ2) is 9.47. The molecule has 10 nitrogen and oxygen atoms in total. The molecular formula is C25H28N8O2S. The Hall–Kier alpha value is -3.57. The van der Waals surface area contributed by atoms with Crippen molar-refractivity contribution in [3.05, 3.63) is 41.2 Å². The van der Waals surface area contributed by atoms with Crippen LogP contribution >= 0.6 is 11.3 Å². The molecule has 3 aromatic heterocycles. The number of hydrogen-bond acceptors (Lipinski definition) is 8. The van der Waals surface area contributed by atoms with Gasteiger partial charge in [-0.3, -0.25) is 19.6 Å². The minimum Gasteiger partial charge on any atom is -0.358 e. The van der Waals surface area contributed by atoms with Crippen molar-refractivity contribution in [3.63, 3.8) is 0 Å². The molecule has 2 aliphatic rings. The molecule has 0 saturated carbocycles. The molecule has 1 atom stereocenters. The number of rotatable bonds is 5. The maximum absolute atomic E-state index is 13.3. The van der Waals surface area contributed by atoms with Crippen LogP contribution in [-0.4, -0.2) is 81.6 Å². The van der Waals surface area contributed by atoms with E-state index in [1.807, 2.05) is 23.2 Å². The number of thiophene rings is 1. The minimum atomic E-state index is -0.0103. The average molecular weight is 505 g/mol. The number of amides is 2. The van der Waals surface area contributed by atoms with E-state index < -0.39 is 0 Å². The van der Waals surface area contributed by atoms with Gasteiger partial charge in [0.05, 0.1) is 23.6 Å². The van der Waals surface area contributed by atoms with Crippen molar-refractivity contribution in [3.8, 4) is 0 Å². The summed E-state index contributed by atoms with van der Waals surface area (Å²) in [5.74, 6) is 1.04. The van der Waals surface area contributed by atoms with Gasteiger partial charge in [-0.05, 0) is 43.0 Å². The largest absolute Gasteiger partial charge is 0.358 e. The molecule has 6 rings (SSSR count). The first-order valence-corrected chi connectivity index (χ1v) is 13.1. The lowest BCUT2D eigenvalue weighted by atomic mass is 9.86. The number of carbonyl (C=O) groups excluding carboxylic acids is 2. The molecule has 4 aromatic rings. The number of aromatic amines is 1.